The Kier molecular flexibility index (Phi) is 7.78. The number of allylic oxidation sites excluding steroid dienone is 1. The van der Waals surface area contributed by atoms with Crippen molar-refractivity contribution in [3.05, 3.63) is 35.9 Å². The Labute approximate surface area is 156 Å². The van der Waals surface area contributed by atoms with Crippen molar-refractivity contribution in [2.45, 2.75) is 19.4 Å². The van der Waals surface area contributed by atoms with E-state index in [-0.39, 0.29) is 0 Å². The zero-order valence-corrected chi connectivity index (χ0v) is 16.4. The first-order valence-electron chi connectivity index (χ1n) is 8.97. The molecule has 0 bridgehead atoms. The van der Waals surface area contributed by atoms with E-state index < -0.39 is 0 Å². The lowest BCUT2D eigenvalue weighted by Gasteiger charge is -2.24. The topological polar surface area (TPSA) is 55.3 Å². The first kappa shape index (κ1) is 20.1. The molecule has 6 heteroatoms. The second kappa shape index (κ2) is 10.1. The lowest BCUT2D eigenvalue weighted by molar-refractivity contribution is 0.181. The van der Waals surface area contributed by atoms with Gasteiger partial charge in [0, 0.05) is 45.3 Å². The summed E-state index contributed by atoms with van der Waals surface area (Å²) in [5.74, 6) is 2.93. The van der Waals surface area contributed by atoms with E-state index in [0.717, 1.165) is 61.2 Å². The van der Waals surface area contributed by atoms with Crippen LogP contribution in [0.15, 0.2) is 29.8 Å². The second-order valence-corrected chi connectivity index (χ2v) is 6.49. The lowest BCUT2D eigenvalue weighted by Crippen LogP contribution is -2.41. The van der Waals surface area contributed by atoms with Crippen LogP contribution in [-0.2, 0) is 17.7 Å². The van der Waals surface area contributed by atoms with Crippen molar-refractivity contribution in [2.75, 3.05) is 48.1 Å². The Morgan fingerprint density at radius 3 is 2.81 bits per heavy atom. The summed E-state index contributed by atoms with van der Waals surface area (Å²) in [4.78, 5) is 6.56. The molecule has 0 aromatic heterocycles. The maximum Gasteiger partial charge on any atom is 0.193 e. The number of nitrogens with one attached hydrogen (secondary N) is 1. The third kappa shape index (κ3) is 5.14. The third-order valence-electron chi connectivity index (χ3n) is 4.56. The van der Waals surface area contributed by atoms with Gasteiger partial charge >= 0.3 is 0 Å². The highest BCUT2D eigenvalue weighted by Crippen LogP contribution is 2.33. The van der Waals surface area contributed by atoms with Gasteiger partial charge in [-0.25, -0.2) is 0 Å². The van der Waals surface area contributed by atoms with Gasteiger partial charge in [0.25, 0.3) is 0 Å². The van der Waals surface area contributed by atoms with Crippen LogP contribution in [0.5, 0.6) is 11.5 Å². The van der Waals surface area contributed by atoms with E-state index in [2.05, 4.69) is 34.9 Å². The quantitative estimate of drug-likeness (QED) is 0.438. The van der Waals surface area contributed by atoms with Crippen LogP contribution in [0.2, 0.25) is 0 Å². The van der Waals surface area contributed by atoms with Gasteiger partial charge in [0.05, 0.1) is 20.8 Å². The molecule has 1 atom stereocenters. The number of aliphatic imine (C=N–C) groups is 1. The molecule has 144 valence electrons. The number of methoxy groups -OCH3 is 2. The molecule has 1 heterocycles. The zero-order valence-electron chi connectivity index (χ0n) is 16.4. The van der Waals surface area contributed by atoms with Crippen LogP contribution in [0.4, 0.5) is 0 Å². The van der Waals surface area contributed by atoms with Crippen LogP contribution in [0.1, 0.15) is 17.5 Å². The zero-order chi connectivity index (χ0) is 18.9. The van der Waals surface area contributed by atoms with Crippen molar-refractivity contribution < 1.29 is 14.2 Å². The van der Waals surface area contributed by atoms with Crippen molar-refractivity contribution in [3.63, 3.8) is 0 Å². The Bertz CT molecular complexity index is 625. The number of benzene rings is 1. The van der Waals surface area contributed by atoms with E-state index in [1.807, 2.05) is 19.2 Å². The molecule has 1 saturated heterocycles. The highest BCUT2D eigenvalue weighted by Gasteiger charge is 2.19. The Balaban J connectivity index is 2.06. The molecule has 2 rings (SSSR count). The van der Waals surface area contributed by atoms with Gasteiger partial charge < -0.3 is 24.4 Å². The number of rotatable bonds is 8. The molecule has 0 amide bonds. The minimum Gasteiger partial charge on any atom is -0.493 e. The fourth-order valence-electron chi connectivity index (χ4n) is 3.28. The SMILES string of the molecule is C=CCc1cc(CNC(=NC)N(C)CC2CCOC2)cc(OC)c1OC. The van der Waals surface area contributed by atoms with E-state index in [1.165, 1.54) is 0 Å². The van der Waals surface area contributed by atoms with Gasteiger partial charge in [-0.05, 0) is 30.5 Å². The standard InChI is InChI=1S/C20H31N3O3/c1-6-7-17-10-16(11-18(24-4)19(17)25-5)12-22-20(21-2)23(3)13-15-8-9-26-14-15/h6,10-11,15H,1,7-9,12-14H2,2-5H3,(H,21,22). The van der Waals surface area contributed by atoms with Gasteiger partial charge in [-0.2, -0.15) is 0 Å². The number of hydrogen-bond donors (Lipinski definition) is 1. The van der Waals surface area contributed by atoms with Crippen molar-refractivity contribution in [3.8, 4) is 11.5 Å². The van der Waals surface area contributed by atoms with Gasteiger partial charge in [0.1, 0.15) is 0 Å². The predicted octanol–water partition coefficient (Wildman–Crippen LogP) is 2.48. The molecule has 0 spiro atoms. The average molecular weight is 361 g/mol. The molecule has 1 aliphatic heterocycles. The Morgan fingerprint density at radius 1 is 1.42 bits per heavy atom. The van der Waals surface area contributed by atoms with Gasteiger partial charge in [-0.3, -0.25) is 4.99 Å². The predicted molar refractivity (Wildman–Crippen MR) is 105 cm³/mol. The maximum absolute atomic E-state index is 5.50. The van der Waals surface area contributed by atoms with Crippen molar-refractivity contribution >= 4 is 5.96 Å². The number of guanidine groups is 1. The molecule has 26 heavy (non-hydrogen) atoms. The van der Waals surface area contributed by atoms with E-state index in [1.54, 1.807) is 14.2 Å². The molecule has 0 saturated carbocycles. The van der Waals surface area contributed by atoms with Crippen molar-refractivity contribution in [2.24, 2.45) is 10.9 Å². The molecule has 0 aliphatic carbocycles. The first-order valence-corrected chi connectivity index (χ1v) is 8.97. The fraction of sp³-hybridized carbons (Fsp3) is 0.550. The molecular weight excluding hydrogens is 330 g/mol. The largest absolute Gasteiger partial charge is 0.493 e. The smallest absolute Gasteiger partial charge is 0.193 e. The fourth-order valence-corrected chi connectivity index (χ4v) is 3.28. The highest BCUT2D eigenvalue weighted by molar-refractivity contribution is 5.79. The summed E-state index contributed by atoms with van der Waals surface area (Å²) < 4.78 is 16.5. The second-order valence-electron chi connectivity index (χ2n) is 6.49. The van der Waals surface area contributed by atoms with Crippen LogP contribution in [-0.4, -0.2) is 58.9 Å². The van der Waals surface area contributed by atoms with E-state index >= 15 is 0 Å². The lowest BCUT2D eigenvalue weighted by atomic mass is 10.1. The van der Waals surface area contributed by atoms with Gasteiger partial charge in [-0.15, -0.1) is 6.58 Å². The molecule has 1 unspecified atom stereocenters. The summed E-state index contributed by atoms with van der Waals surface area (Å²) in [5, 5.41) is 3.43. The van der Waals surface area contributed by atoms with Crippen LogP contribution < -0.4 is 14.8 Å². The first-order chi connectivity index (χ1) is 12.6. The van der Waals surface area contributed by atoms with Crippen molar-refractivity contribution in [1.29, 1.82) is 0 Å². The number of hydrogen-bond acceptors (Lipinski definition) is 4. The minimum atomic E-state index is 0.568. The van der Waals surface area contributed by atoms with Gasteiger partial charge in [-0.1, -0.05) is 6.08 Å². The van der Waals surface area contributed by atoms with E-state index in [4.69, 9.17) is 14.2 Å². The van der Waals surface area contributed by atoms with E-state index in [9.17, 15) is 0 Å². The molecule has 1 N–H and O–H groups in total. The van der Waals surface area contributed by atoms with Crippen LogP contribution in [0, 0.1) is 5.92 Å². The van der Waals surface area contributed by atoms with E-state index in [0.29, 0.717) is 12.5 Å². The number of nitrogens with zero attached hydrogens (tertiary/aromatic N) is 2. The van der Waals surface area contributed by atoms with Crippen LogP contribution >= 0.6 is 0 Å². The summed E-state index contributed by atoms with van der Waals surface area (Å²) in [6, 6.07) is 4.12. The molecule has 1 fully saturated rings. The molecule has 0 radical (unpaired) electrons. The summed E-state index contributed by atoms with van der Waals surface area (Å²) in [6.45, 7) is 7.12. The minimum absolute atomic E-state index is 0.568. The number of ether oxygens (including phenoxy) is 3. The Hall–Kier alpha value is -2.21. The highest BCUT2D eigenvalue weighted by atomic mass is 16.5. The summed E-state index contributed by atoms with van der Waals surface area (Å²) in [7, 11) is 7.18. The monoisotopic (exact) mass is 361 g/mol. The molecular formula is C20H31N3O3. The molecule has 1 aliphatic rings. The average Bonchev–Trinajstić information content (AvgIpc) is 3.15. The summed E-state index contributed by atoms with van der Waals surface area (Å²) in [5.41, 5.74) is 2.17. The molecule has 6 nitrogen and oxygen atoms in total. The summed E-state index contributed by atoms with van der Waals surface area (Å²) >= 11 is 0. The normalized spacial score (nSPS) is 17.1. The Morgan fingerprint density at radius 2 is 2.23 bits per heavy atom. The van der Waals surface area contributed by atoms with Crippen molar-refractivity contribution in [1.82, 2.24) is 10.2 Å². The van der Waals surface area contributed by atoms with Gasteiger partial charge in [0.2, 0.25) is 0 Å². The van der Waals surface area contributed by atoms with Crippen LogP contribution in [0.3, 0.4) is 0 Å². The molecule has 1 aromatic carbocycles. The molecule has 1 aromatic rings. The van der Waals surface area contributed by atoms with Gasteiger partial charge in [0.15, 0.2) is 17.5 Å². The maximum atomic E-state index is 5.50. The summed E-state index contributed by atoms with van der Waals surface area (Å²) in [6.07, 6.45) is 3.70. The third-order valence-corrected chi connectivity index (χ3v) is 4.56. The van der Waals surface area contributed by atoms with Crippen LogP contribution in [0.25, 0.3) is 0 Å².